The first-order valence-electron chi connectivity index (χ1n) is 5.54. The van der Waals surface area contributed by atoms with Crippen molar-refractivity contribution in [2.24, 2.45) is 0 Å². The molecule has 0 saturated heterocycles. The highest BCUT2D eigenvalue weighted by atomic mass is 35.7. The molecule has 0 spiro atoms. The van der Waals surface area contributed by atoms with Crippen LogP contribution in [-0.2, 0) is 4.29 Å². The molecule has 0 aliphatic heterocycles. The fourth-order valence-electron chi connectivity index (χ4n) is 1.30. The lowest BCUT2D eigenvalue weighted by Gasteiger charge is -2.11. The van der Waals surface area contributed by atoms with Gasteiger partial charge in [-0.15, -0.1) is 0 Å². The van der Waals surface area contributed by atoms with Gasteiger partial charge in [-0.05, 0) is 23.8 Å². The molecule has 1 aromatic rings. The molecular formula is C13H16ClNO4. The highest BCUT2D eigenvalue weighted by Gasteiger charge is 2.13. The number of rotatable bonds is 6. The monoisotopic (exact) mass is 285 g/mol. The third-order valence-corrected chi connectivity index (χ3v) is 2.63. The Morgan fingerprint density at radius 3 is 2.26 bits per heavy atom. The molecule has 0 N–H and O–H groups in total. The zero-order valence-corrected chi connectivity index (χ0v) is 11.5. The Kier molecular flexibility index (Phi) is 6.01. The maximum atomic E-state index is 10.1. The van der Waals surface area contributed by atoms with Gasteiger partial charge in [-0.3, -0.25) is 0 Å². The van der Waals surface area contributed by atoms with E-state index in [9.17, 15) is 14.0 Å². The van der Waals surface area contributed by atoms with Gasteiger partial charge in [0.15, 0.2) is 0 Å². The molecule has 0 aliphatic carbocycles. The molecule has 5 nitrogen and oxygen atoms in total. The van der Waals surface area contributed by atoms with Gasteiger partial charge in [0, 0.05) is 19.8 Å². The minimum atomic E-state index is -4.35. The molecule has 0 amide bonds. The molecule has 0 unspecified atom stereocenters. The van der Waals surface area contributed by atoms with Gasteiger partial charge in [-0.25, -0.2) is 0 Å². The number of hydrogen-bond donors (Lipinski definition) is 0. The van der Waals surface area contributed by atoms with Gasteiger partial charge in [0.05, 0.1) is 14.5 Å². The van der Waals surface area contributed by atoms with Gasteiger partial charge in [-0.2, -0.15) is 14.0 Å². The van der Waals surface area contributed by atoms with Gasteiger partial charge < -0.3 is 4.90 Å². The Morgan fingerprint density at radius 1 is 1.11 bits per heavy atom. The third kappa shape index (κ3) is 6.95. The summed E-state index contributed by atoms with van der Waals surface area (Å²) in [5.41, 5.74) is 2.13. The quantitative estimate of drug-likeness (QED) is 0.642. The van der Waals surface area contributed by atoms with Crippen LogP contribution in [0.5, 0.6) is 0 Å². The first-order valence-corrected chi connectivity index (χ1v) is 6.78. The van der Waals surface area contributed by atoms with E-state index >= 15 is 0 Å². The normalized spacial score (nSPS) is 12.5. The van der Waals surface area contributed by atoms with E-state index in [2.05, 4.69) is 4.29 Å². The van der Waals surface area contributed by atoms with E-state index in [0.29, 0.717) is 0 Å². The SMILES string of the molecule is CN(C)c1ccc(C=CC=CCO[Cl+3]([O-])([O-])[O-])cc1. The van der Waals surface area contributed by atoms with Crippen LogP contribution in [0.15, 0.2) is 42.5 Å². The van der Waals surface area contributed by atoms with Gasteiger partial charge in [0.1, 0.15) is 0 Å². The van der Waals surface area contributed by atoms with Crippen molar-refractivity contribution in [1.29, 1.82) is 0 Å². The summed E-state index contributed by atoms with van der Waals surface area (Å²) < 4.78 is 34.3. The van der Waals surface area contributed by atoms with Crippen LogP contribution in [0.2, 0.25) is 0 Å². The predicted molar refractivity (Wildman–Crippen MR) is 64.9 cm³/mol. The molecule has 0 aliphatic rings. The average molecular weight is 286 g/mol. The second-order valence-electron chi connectivity index (χ2n) is 3.93. The first-order chi connectivity index (χ1) is 8.88. The topological polar surface area (TPSA) is 81.7 Å². The molecular weight excluding hydrogens is 270 g/mol. The number of nitrogens with zero attached hydrogens (tertiary/aromatic N) is 1. The Bertz CT molecular complexity index is 435. The van der Waals surface area contributed by atoms with Crippen LogP contribution >= 0.6 is 0 Å². The molecule has 1 rings (SSSR count). The van der Waals surface area contributed by atoms with Crippen LogP contribution in [0.3, 0.4) is 0 Å². The third-order valence-electron chi connectivity index (χ3n) is 2.24. The van der Waals surface area contributed by atoms with E-state index in [1.807, 2.05) is 49.3 Å². The summed E-state index contributed by atoms with van der Waals surface area (Å²) in [6.07, 6.45) is 6.65. The molecule has 0 heterocycles. The van der Waals surface area contributed by atoms with E-state index in [1.54, 1.807) is 12.2 Å². The average Bonchev–Trinajstić information content (AvgIpc) is 2.33. The molecule has 0 fully saturated rings. The minimum absolute atomic E-state index is 0.267. The number of allylic oxidation sites excluding steroid dienone is 2. The van der Waals surface area contributed by atoms with Crippen LogP contribution in [0, 0.1) is 10.2 Å². The zero-order chi connectivity index (χ0) is 14.3. The first kappa shape index (κ1) is 15.7. The van der Waals surface area contributed by atoms with Crippen molar-refractivity contribution in [3.05, 3.63) is 48.1 Å². The van der Waals surface area contributed by atoms with Gasteiger partial charge in [0.2, 0.25) is 6.61 Å². The summed E-state index contributed by atoms with van der Waals surface area (Å²) in [7, 11) is -0.407. The van der Waals surface area contributed by atoms with Crippen molar-refractivity contribution >= 4 is 11.8 Å². The highest BCUT2D eigenvalue weighted by Crippen LogP contribution is 2.13. The van der Waals surface area contributed by atoms with Gasteiger partial charge in [0.25, 0.3) is 0 Å². The van der Waals surface area contributed by atoms with E-state index in [1.165, 1.54) is 6.08 Å². The Balaban J connectivity index is 2.42. The summed E-state index contributed by atoms with van der Waals surface area (Å²) in [4.78, 5) is 2.01. The lowest BCUT2D eigenvalue weighted by atomic mass is 10.2. The Labute approximate surface area is 114 Å². The molecule has 6 heteroatoms. The van der Waals surface area contributed by atoms with Crippen molar-refractivity contribution in [1.82, 2.24) is 0 Å². The maximum absolute atomic E-state index is 10.1. The summed E-state index contributed by atoms with van der Waals surface area (Å²) >= 11 is 0. The highest BCUT2D eigenvalue weighted by molar-refractivity contribution is 5.56. The Hall–Kier alpha value is -1.37. The standard InChI is InChI=1S/C13H16ClNO4/c1-15(2)13-9-7-12(8-10-13)6-4-3-5-11-19-14(16,17)18/h3-10H,11H2,1-2H3. The van der Waals surface area contributed by atoms with Crippen LogP contribution in [0.4, 0.5) is 5.69 Å². The molecule has 0 aromatic heterocycles. The predicted octanol–water partition coefficient (Wildman–Crippen LogP) is -0.764. The van der Waals surface area contributed by atoms with Gasteiger partial charge >= 0.3 is 0 Å². The lowest BCUT2D eigenvalue weighted by Crippen LogP contribution is -2.60. The fraction of sp³-hybridized carbons (Fsp3) is 0.231. The van der Waals surface area contributed by atoms with Gasteiger partial charge in [-0.1, -0.05) is 30.4 Å². The van der Waals surface area contributed by atoms with Crippen molar-refractivity contribution < 1.29 is 28.5 Å². The molecule has 19 heavy (non-hydrogen) atoms. The number of anilines is 1. The number of benzene rings is 1. The largest absolute Gasteiger partial charge is 0.378 e. The molecule has 0 bridgehead atoms. The van der Waals surface area contributed by atoms with Crippen LogP contribution < -0.4 is 18.9 Å². The summed E-state index contributed by atoms with van der Waals surface area (Å²) in [5.74, 6) is 0. The summed E-state index contributed by atoms with van der Waals surface area (Å²) in [6.45, 7) is -0.267. The molecule has 0 atom stereocenters. The van der Waals surface area contributed by atoms with Crippen molar-refractivity contribution in [2.75, 3.05) is 25.6 Å². The van der Waals surface area contributed by atoms with Crippen LogP contribution in [0.25, 0.3) is 6.08 Å². The van der Waals surface area contributed by atoms with Crippen molar-refractivity contribution in [3.63, 3.8) is 0 Å². The van der Waals surface area contributed by atoms with E-state index in [4.69, 9.17) is 0 Å². The van der Waals surface area contributed by atoms with E-state index in [-0.39, 0.29) is 6.61 Å². The van der Waals surface area contributed by atoms with E-state index in [0.717, 1.165) is 11.3 Å². The zero-order valence-electron chi connectivity index (χ0n) is 10.8. The van der Waals surface area contributed by atoms with Crippen LogP contribution in [0.1, 0.15) is 5.56 Å². The van der Waals surface area contributed by atoms with E-state index < -0.39 is 10.2 Å². The van der Waals surface area contributed by atoms with Crippen molar-refractivity contribution in [2.45, 2.75) is 0 Å². The molecule has 0 saturated carbocycles. The summed E-state index contributed by atoms with van der Waals surface area (Å²) in [6, 6.07) is 7.93. The smallest absolute Gasteiger partial charge is 0.222 e. The van der Waals surface area contributed by atoms with Crippen molar-refractivity contribution in [3.8, 4) is 0 Å². The number of halogens is 1. The number of hydrogen-bond acceptors (Lipinski definition) is 5. The maximum Gasteiger partial charge on any atom is 0.222 e. The summed E-state index contributed by atoms with van der Waals surface area (Å²) in [5, 5.41) is 0. The lowest BCUT2D eigenvalue weighted by molar-refractivity contribution is -1.92. The molecule has 1 aromatic carbocycles. The Morgan fingerprint density at radius 2 is 1.74 bits per heavy atom. The molecule has 0 radical (unpaired) electrons. The second-order valence-corrected chi connectivity index (χ2v) is 4.90. The second kappa shape index (κ2) is 7.28. The molecule has 104 valence electrons. The fourth-order valence-corrected chi connectivity index (χ4v) is 1.52. The minimum Gasteiger partial charge on any atom is -0.378 e. The van der Waals surface area contributed by atoms with Crippen LogP contribution in [-0.4, -0.2) is 20.7 Å².